The molecule has 0 aliphatic heterocycles. The Morgan fingerprint density at radius 3 is 2.65 bits per heavy atom. The van der Waals surface area contributed by atoms with Crippen molar-refractivity contribution in [2.24, 2.45) is 0 Å². The van der Waals surface area contributed by atoms with Gasteiger partial charge in [0.1, 0.15) is 11.5 Å². The molecule has 0 spiro atoms. The molecule has 168 valence electrons. The predicted octanol–water partition coefficient (Wildman–Crippen LogP) is 3.44. The number of amides is 1. The topological polar surface area (TPSA) is 84.9 Å². The molecule has 31 heavy (non-hydrogen) atoms. The van der Waals surface area contributed by atoms with Crippen LogP contribution >= 0.6 is 0 Å². The number of para-hydroxylation sites is 2. The Morgan fingerprint density at radius 1 is 1.16 bits per heavy atom. The van der Waals surface area contributed by atoms with Crippen LogP contribution in [-0.2, 0) is 21.2 Å². The van der Waals surface area contributed by atoms with Crippen LogP contribution in [-0.4, -0.2) is 41.3 Å². The molecule has 0 bridgehead atoms. The summed E-state index contributed by atoms with van der Waals surface area (Å²) >= 11 is 0. The van der Waals surface area contributed by atoms with Crippen molar-refractivity contribution in [3.05, 3.63) is 53.6 Å². The Morgan fingerprint density at radius 2 is 1.94 bits per heavy atom. The number of carbonyl (C=O) groups excluding carboxylic acids is 1. The van der Waals surface area contributed by atoms with Crippen molar-refractivity contribution in [3.8, 4) is 11.5 Å². The number of fused-ring (bicyclic) bond motifs is 1. The first kappa shape index (κ1) is 22.9. The highest BCUT2D eigenvalue weighted by atomic mass is 32.2. The fraction of sp³-hybridized carbons (Fsp3) is 0.435. The van der Waals surface area contributed by atoms with Crippen molar-refractivity contribution in [3.63, 3.8) is 0 Å². The van der Waals surface area contributed by atoms with E-state index in [4.69, 9.17) is 9.47 Å². The van der Waals surface area contributed by atoms with Gasteiger partial charge in [-0.1, -0.05) is 18.2 Å². The number of anilines is 1. The van der Waals surface area contributed by atoms with E-state index in [0.29, 0.717) is 17.9 Å². The summed E-state index contributed by atoms with van der Waals surface area (Å²) in [6.07, 6.45) is 4.67. The minimum absolute atomic E-state index is 0.0256. The zero-order valence-electron chi connectivity index (χ0n) is 18.3. The molecular weight excluding hydrogens is 416 g/mol. The van der Waals surface area contributed by atoms with Gasteiger partial charge < -0.3 is 14.8 Å². The third-order valence-corrected chi connectivity index (χ3v) is 6.70. The summed E-state index contributed by atoms with van der Waals surface area (Å²) in [4.78, 5) is 12.6. The highest BCUT2D eigenvalue weighted by molar-refractivity contribution is 7.92. The van der Waals surface area contributed by atoms with Crippen LogP contribution in [0.4, 0.5) is 5.69 Å². The highest BCUT2D eigenvalue weighted by Crippen LogP contribution is 2.32. The summed E-state index contributed by atoms with van der Waals surface area (Å²) in [7, 11) is -0.361. The largest absolute Gasteiger partial charge is 0.497 e. The Bertz CT molecular complexity index is 1020. The monoisotopic (exact) mass is 446 g/mol. The van der Waals surface area contributed by atoms with Crippen LogP contribution in [0.15, 0.2) is 42.5 Å². The van der Waals surface area contributed by atoms with E-state index in [1.165, 1.54) is 17.0 Å². The lowest BCUT2D eigenvalue weighted by Crippen LogP contribution is -2.34. The van der Waals surface area contributed by atoms with Crippen LogP contribution in [0, 0.1) is 0 Å². The molecule has 0 saturated heterocycles. The van der Waals surface area contributed by atoms with Gasteiger partial charge in [-0.3, -0.25) is 9.10 Å². The second-order valence-corrected chi connectivity index (χ2v) is 9.59. The predicted molar refractivity (Wildman–Crippen MR) is 121 cm³/mol. The number of methoxy groups -OCH3 is 2. The van der Waals surface area contributed by atoms with E-state index < -0.39 is 10.0 Å². The van der Waals surface area contributed by atoms with Gasteiger partial charge in [0.25, 0.3) is 0 Å². The maximum Gasteiger partial charge on any atom is 0.232 e. The number of sulfonamides is 1. The lowest BCUT2D eigenvalue weighted by Gasteiger charge is -2.27. The average Bonchev–Trinajstić information content (AvgIpc) is 2.75. The molecule has 0 fully saturated rings. The van der Waals surface area contributed by atoms with Crippen LogP contribution in [0.2, 0.25) is 0 Å². The summed E-state index contributed by atoms with van der Waals surface area (Å²) in [6, 6.07) is 12.9. The van der Waals surface area contributed by atoms with Crippen LogP contribution < -0.4 is 19.1 Å². The smallest absolute Gasteiger partial charge is 0.232 e. The van der Waals surface area contributed by atoms with Crippen molar-refractivity contribution in [1.29, 1.82) is 0 Å². The Kier molecular flexibility index (Phi) is 7.43. The molecule has 0 saturated carbocycles. The molecular formula is C23H30N2O5S. The van der Waals surface area contributed by atoms with Crippen molar-refractivity contribution >= 4 is 21.6 Å². The minimum atomic E-state index is -3.51. The van der Waals surface area contributed by atoms with Crippen molar-refractivity contribution in [1.82, 2.24) is 5.32 Å². The summed E-state index contributed by atoms with van der Waals surface area (Å²) in [5.41, 5.74) is 2.81. The van der Waals surface area contributed by atoms with Crippen LogP contribution in [0.5, 0.6) is 11.5 Å². The van der Waals surface area contributed by atoms with E-state index in [1.54, 1.807) is 31.4 Å². The zero-order valence-corrected chi connectivity index (χ0v) is 19.1. The molecule has 0 aromatic heterocycles. The number of hydrogen-bond donors (Lipinski definition) is 1. The second-order valence-electron chi connectivity index (χ2n) is 7.69. The van der Waals surface area contributed by atoms with Gasteiger partial charge in [0.2, 0.25) is 15.9 Å². The highest BCUT2D eigenvalue weighted by Gasteiger charge is 2.24. The minimum Gasteiger partial charge on any atom is -0.497 e. The molecule has 0 heterocycles. The van der Waals surface area contributed by atoms with Gasteiger partial charge in [-0.25, -0.2) is 8.42 Å². The summed E-state index contributed by atoms with van der Waals surface area (Å²) in [5.74, 6) is 1.22. The van der Waals surface area contributed by atoms with Crippen molar-refractivity contribution in [2.45, 2.75) is 38.1 Å². The number of aryl methyl sites for hydroxylation is 1. The molecule has 0 unspecified atom stereocenters. The van der Waals surface area contributed by atoms with Crippen LogP contribution in [0.3, 0.4) is 0 Å². The number of nitrogens with zero attached hydrogens (tertiary/aromatic N) is 1. The second kappa shape index (κ2) is 10.0. The molecule has 7 nitrogen and oxygen atoms in total. The number of nitrogens with one attached hydrogen (secondary N) is 1. The molecule has 1 amide bonds. The summed E-state index contributed by atoms with van der Waals surface area (Å²) in [6.45, 7) is 0.199. The molecule has 1 atom stereocenters. The SMILES string of the molecule is COc1ccc2c(c1)CCC[C@@H]2NC(=O)CCCN(c1ccccc1OC)S(C)(=O)=O. The Labute approximate surface area is 184 Å². The Balaban J connectivity index is 1.62. The third-order valence-electron chi connectivity index (χ3n) is 5.52. The number of benzene rings is 2. The number of ether oxygens (including phenoxy) is 2. The van der Waals surface area contributed by atoms with Gasteiger partial charge in [-0.2, -0.15) is 0 Å². The van der Waals surface area contributed by atoms with Gasteiger partial charge in [0, 0.05) is 13.0 Å². The van der Waals surface area contributed by atoms with Crippen molar-refractivity contribution < 1.29 is 22.7 Å². The van der Waals surface area contributed by atoms with Gasteiger partial charge in [0.15, 0.2) is 0 Å². The van der Waals surface area contributed by atoms with Crippen LogP contribution in [0.25, 0.3) is 0 Å². The lowest BCUT2D eigenvalue weighted by molar-refractivity contribution is -0.122. The van der Waals surface area contributed by atoms with Crippen molar-refractivity contribution in [2.75, 3.05) is 31.3 Å². The lowest BCUT2D eigenvalue weighted by atomic mass is 9.87. The van der Waals surface area contributed by atoms with E-state index in [1.807, 2.05) is 18.2 Å². The van der Waals surface area contributed by atoms with Crippen LogP contribution in [0.1, 0.15) is 42.9 Å². The zero-order chi connectivity index (χ0) is 22.4. The number of carbonyl (C=O) groups is 1. The van der Waals surface area contributed by atoms with Gasteiger partial charge >= 0.3 is 0 Å². The molecule has 1 aliphatic carbocycles. The first-order valence-corrected chi connectivity index (χ1v) is 12.2. The quantitative estimate of drug-likeness (QED) is 0.638. The fourth-order valence-electron chi connectivity index (χ4n) is 4.02. The van der Waals surface area contributed by atoms with Gasteiger partial charge in [-0.15, -0.1) is 0 Å². The maximum atomic E-state index is 12.6. The standard InChI is InChI=1S/C23H30N2O5S/c1-29-18-13-14-19-17(16-18)8-6-9-20(19)24-23(26)12-7-15-25(31(3,27)28)21-10-4-5-11-22(21)30-2/h4-5,10-11,13-14,16,20H,6-9,12,15H2,1-3H3,(H,24,26)/t20-/m0/s1. The van der Waals surface area contributed by atoms with Gasteiger partial charge in [-0.05, 0) is 61.1 Å². The Hall–Kier alpha value is -2.74. The molecule has 1 N–H and O–H groups in total. The van der Waals surface area contributed by atoms with Gasteiger partial charge in [0.05, 0.1) is 32.2 Å². The average molecular weight is 447 g/mol. The number of hydrogen-bond acceptors (Lipinski definition) is 5. The molecule has 3 rings (SSSR count). The molecule has 0 radical (unpaired) electrons. The molecule has 8 heteroatoms. The first-order valence-electron chi connectivity index (χ1n) is 10.4. The van der Waals surface area contributed by atoms with E-state index in [9.17, 15) is 13.2 Å². The molecule has 2 aromatic carbocycles. The number of rotatable bonds is 9. The maximum absolute atomic E-state index is 12.6. The molecule has 2 aromatic rings. The summed E-state index contributed by atoms with van der Waals surface area (Å²) in [5, 5.41) is 3.11. The fourth-order valence-corrected chi connectivity index (χ4v) is 4.99. The first-order chi connectivity index (χ1) is 14.8. The normalized spacial score (nSPS) is 15.6. The van der Waals surface area contributed by atoms with E-state index in [0.717, 1.165) is 36.8 Å². The van der Waals surface area contributed by atoms with E-state index in [2.05, 4.69) is 5.32 Å². The van der Waals surface area contributed by atoms with E-state index in [-0.39, 0.29) is 24.9 Å². The van der Waals surface area contributed by atoms with E-state index >= 15 is 0 Å². The third kappa shape index (κ3) is 5.70. The molecule has 1 aliphatic rings. The summed E-state index contributed by atoms with van der Waals surface area (Å²) < 4.78 is 36.6.